The molecule has 1 aromatic heterocycles. The Morgan fingerprint density at radius 3 is 2.83 bits per heavy atom. The van der Waals surface area contributed by atoms with E-state index in [1.54, 1.807) is 7.11 Å². The molecule has 0 unspecified atom stereocenters. The Balaban J connectivity index is 3.02. The van der Waals surface area contributed by atoms with Crippen LogP contribution in [0.3, 0.4) is 0 Å². The van der Waals surface area contributed by atoms with Crippen molar-refractivity contribution in [1.29, 1.82) is 0 Å². The van der Waals surface area contributed by atoms with E-state index in [0.29, 0.717) is 0 Å². The first-order valence-electron chi connectivity index (χ1n) is 4.02. The summed E-state index contributed by atoms with van der Waals surface area (Å²) in [6, 6.07) is 2.00. The molecule has 66 valence electrons. The van der Waals surface area contributed by atoms with Crippen molar-refractivity contribution < 1.29 is 4.74 Å². The molecule has 0 saturated heterocycles. The number of nitrogens with one attached hydrogen (secondary N) is 1. The smallest absolute Gasteiger partial charge is 0.168 e. The zero-order valence-electron chi connectivity index (χ0n) is 7.72. The zero-order valence-corrected chi connectivity index (χ0v) is 7.72. The third kappa shape index (κ3) is 1.67. The molecule has 0 amide bonds. The molecular formula is C9H14N2O. The van der Waals surface area contributed by atoms with E-state index < -0.39 is 0 Å². The Kier molecular flexibility index (Phi) is 2.91. The number of nitrogens with zero attached hydrogens (tertiary/aromatic N) is 1. The number of methoxy groups -OCH3 is 1. The SMILES string of the molecule is CCc1cnc(NC)c(OC)c1. The average Bonchev–Trinajstić information content (AvgIpc) is 2.16. The summed E-state index contributed by atoms with van der Waals surface area (Å²) in [5.41, 5.74) is 1.19. The van der Waals surface area contributed by atoms with Gasteiger partial charge in [0.1, 0.15) is 0 Å². The van der Waals surface area contributed by atoms with Crippen LogP contribution in [0.1, 0.15) is 12.5 Å². The van der Waals surface area contributed by atoms with Gasteiger partial charge in [-0.1, -0.05) is 6.92 Å². The monoisotopic (exact) mass is 166 g/mol. The van der Waals surface area contributed by atoms with E-state index in [2.05, 4.69) is 17.2 Å². The van der Waals surface area contributed by atoms with Gasteiger partial charge in [-0.15, -0.1) is 0 Å². The maximum absolute atomic E-state index is 5.15. The average molecular weight is 166 g/mol. The maximum atomic E-state index is 5.15. The van der Waals surface area contributed by atoms with Gasteiger partial charge < -0.3 is 10.1 Å². The summed E-state index contributed by atoms with van der Waals surface area (Å²) in [6.07, 6.45) is 2.84. The third-order valence-electron chi connectivity index (χ3n) is 1.77. The van der Waals surface area contributed by atoms with Gasteiger partial charge in [0.05, 0.1) is 7.11 Å². The lowest BCUT2D eigenvalue weighted by Gasteiger charge is -2.07. The van der Waals surface area contributed by atoms with Crippen molar-refractivity contribution >= 4 is 5.82 Å². The van der Waals surface area contributed by atoms with Crippen molar-refractivity contribution in [3.8, 4) is 5.75 Å². The van der Waals surface area contributed by atoms with Gasteiger partial charge in [0.2, 0.25) is 0 Å². The number of pyridine rings is 1. The Hall–Kier alpha value is -1.25. The highest BCUT2D eigenvalue weighted by Crippen LogP contribution is 2.21. The first-order valence-corrected chi connectivity index (χ1v) is 4.02. The van der Waals surface area contributed by atoms with Crippen LogP contribution in [0.4, 0.5) is 5.82 Å². The molecule has 0 bridgehead atoms. The minimum atomic E-state index is 0.787. The normalized spacial score (nSPS) is 9.58. The quantitative estimate of drug-likeness (QED) is 0.742. The fraction of sp³-hybridized carbons (Fsp3) is 0.444. The van der Waals surface area contributed by atoms with Crippen LogP contribution in [0.5, 0.6) is 5.75 Å². The Morgan fingerprint density at radius 1 is 1.58 bits per heavy atom. The largest absolute Gasteiger partial charge is 0.493 e. The number of ether oxygens (including phenoxy) is 1. The van der Waals surface area contributed by atoms with Crippen LogP contribution in [0.15, 0.2) is 12.3 Å². The molecule has 0 radical (unpaired) electrons. The molecule has 1 N–H and O–H groups in total. The van der Waals surface area contributed by atoms with Crippen molar-refractivity contribution in [3.63, 3.8) is 0 Å². The van der Waals surface area contributed by atoms with E-state index in [4.69, 9.17) is 4.74 Å². The molecule has 1 aromatic rings. The Morgan fingerprint density at radius 2 is 2.33 bits per heavy atom. The third-order valence-corrected chi connectivity index (χ3v) is 1.77. The topological polar surface area (TPSA) is 34.2 Å². The molecular weight excluding hydrogens is 152 g/mol. The summed E-state index contributed by atoms with van der Waals surface area (Å²) in [6.45, 7) is 2.09. The van der Waals surface area contributed by atoms with Crippen LogP contribution in [0, 0.1) is 0 Å². The zero-order chi connectivity index (χ0) is 8.97. The van der Waals surface area contributed by atoms with E-state index in [0.717, 1.165) is 18.0 Å². The molecule has 0 spiro atoms. The molecule has 0 fully saturated rings. The highest BCUT2D eigenvalue weighted by atomic mass is 16.5. The standard InChI is InChI=1S/C9H14N2O/c1-4-7-5-8(12-3)9(10-2)11-6-7/h5-6H,4H2,1-3H3,(H,10,11). The van der Waals surface area contributed by atoms with Crippen molar-refractivity contribution in [2.75, 3.05) is 19.5 Å². The van der Waals surface area contributed by atoms with Crippen LogP contribution < -0.4 is 10.1 Å². The second kappa shape index (κ2) is 3.95. The van der Waals surface area contributed by atoms with Gasteiger partial charge in [-0.25, -0.2) is 4.98 Å². The second-order valence-electron chi connectivity index (χ2n) is 2.50. The Labute approximate surface area is 72.8 Å². The summed E-state index contributed by atoms with van der Waals surface area (Å²) >= 11 is 0. The molecule has 0 aromatic carbocycles. The van der Waals surface area contributed by atoms with Gasteiger partial charge in [-0.05, 0) is 18.1 Å². The summed E-state index contributed by atoms with van der Waals surface area (Å²) in [5.74, 6) is 1.59. The van der Waals surface area contributed by atoms with Gasteiger partial charge >= 0.3 is 0 Å². The van der Waals surface area contributed by atoms with E-state index in [1.807, 2.05) is 19.3 Å². The second-order valence-corrected chi connectivity index (χ2v) is 2.50. The fourth-order valence-corrected chi connectivity index (χ4v) is 1.02. The first kappa shape index (κ1) is 8.84. The van der Waals surface area contributed by atoms with Crippen molar-refractivity contribution in [2.24, 2.45) is 0 Å². The maximum Gasteiger partial charge on any atom is 0.168 e. The van der Waals surface area contributed by atoms with Gasteiger partial charge in [-0.3, -0.25) is 0 Å². The number of rotatable bonds is 3. The number of hydrogen-bond donors (Lipinski definition) is 1. The number of hydrogen-bond acceptors (Lipinski definition) is 3. The highest BCUT2D eigenvalue weighted by molar-refractivity contribution is 5.50. The van der Waals surface area contributed by atoms with Crippen LogP contribution >= 0.6 is 0 Å². The minimum Gasteiger partial charge on any atom is -0.493 e. The molecule has 3 heteroatoms. The lowest BCUT2D eigenvalue weighted by Crippen LogP contribution is -1.97. The molecule has 3 nitrogen and oxygen atoms in total. The van der Waals surface area contributed by atoms with Crippen LogP contribution in [-0.4, -0.2) is 19.1 Å². The fourth-order valence-electron chi connectivity index (χ4n) is 1.02. The predicted molar refractivity (Wildman–Crippen MR) is 49.7 cm³/mol. The number of aromatic nitrogens is 1. The molecule has 1 rings (SSSR count). The van der Waals surface area contributed by atoms with Gasteiger partial charge in [0.15, 0.2) is 11.6 Å². The number of aryl methyl sites for hydroxylation is 1. The molecule has 0 aliphatic carbocycles. The van der Waals surface area contributed by atoms with E-state index in [1.165, 1.54) is 5.56 Å². The summed E-state index contributed by atoms with van der Waals surface area (Å²) in [4.78, 5) is 4.20. The van der Waals surface area contributed by atoms with E-state index in [9.17, 15) is 0 Å². The van der Waals surface area contributed by atoms with E-state index in [-0.39, 0.29) is 0 Å². The number of anilines is 1. The summed E-state index contributed by atoms with van der Waals surface area (Å²) in [7, 11) is 3.48. The predicted octanol–water partition coefficient (Wildman–Crippen LogP) is 1.69. The first-order chi connectivity index (χ1) is 5.81. The summed E-state index contributed by atoms with van der Waals surface area (Å²) < 4.78 is 5.15. The lowest BCUT2D eigenvalue weighted by molar-refractivity contribution is 0.414. The Bertz CT molecular complexity index is 261. The molecule has 12 heavy (non-hydrogen) atoms. The minimum absolute atomic E-state index is 0.787. The van der Waals surface area contributed by atoms with Crippen LogP contribution in [-0.2, 0) is 6.42 Å². The molecule has 0 aliphatic rings. The van der Waals surface area contributed by atoms with Gasteiger partial charge in [0.25, 0.3) is 0 Å². The highest BCUT2D eigenvalue weighted by Gasteiger charge is 2.02. The van der Waals surface area contributed by atoms with E-state index >= 15 is 0 Å². The van der Waals surface area contributed by atoms with Crippen molar-refractivity contribution in [1.82, 2.24) is 4.98 Å². The van der Waals surface area contributed by atoms with Gasteiger partial charge in [-0.2, -0.15) is 0 Å². The van der Waals surface area contributed by atoms with Crippen molar-refractivity contribution in [3.05, 3.63) is 17.8 Å². The lowest BCUT2D eigenvalue weighted by atomic mass is 10.2. The summed E-state index contributed by atoms with van der Waals surface area (Å²) in [5, 5.41) is 2.96. The molecule has 0 atom stereocenters. The molecule has 1 heterocycles. The van der Waals surface area contributed by atoms with Crippen molar-refractivity contribution in [2.45, 2.75) is 13.3 Å². The molecule has 0 saturated carbocycles. The van der Waals surface area contributed by atoms with Crippen LogP contribution in [0.2, 0.25) is 0 Å². The molecule has 0 aliphatic heterocycles. The van der Waals surface area contributed by atoms with Gasteiger partial charge in [0, 0.05) is 13.2 Å². The van der Waals surface area contributed by atoms with Crippen LogP contribution in [0.25, 0.3) is 0 Å².